The monoisotopic (exact) mass is 696 g/mol. The first kappa shape index (κ1) is 33.5. The van der Waals surface area contributed by atoms with Crippen LogP contribution in [0.4, 0.5) is 34.1 Å². The maximum Gasteiger partial charge on any atom is 0.0543 e. The van der Waals surface area contributed by atoms with Crippen LogP contribution >= 0.6 is 0 Å². The van der Waals surface area contributed by atoms with Crippen LogP contribution in [0, 0.1) is 0 Å². The van der Waals surface area contributed by atoms with Gasteiger partial charge in [-0.15, -0.1) is 0 Å². The van der Waals surface area contributed by atoms with Crippen LogP contribution in [0.2, 0.25) is 0 Å². The van der Waals surface area contributed by atoms with E-state index in [0.29, 0.717) is 11.8 Å². The van der Waals surface area contributed by atoms with Gasteiger partial charge in [0.15, 0.2) is 0 Å². The van der Waals surface area contributed by atoms with E-state index >= 15 is 0 Å². The lowest BCUT2D eigenvalue weighted by Gasteiger charge is -2.30. The normalized spacial score (nSPS) is 11.7. The second kappa shape index (κ2) is 13.9. The molecule has 0 fully saturated rings. The zero-order valence-corrected chi connectivity index (χ0v) is 31.4. The first-order chi connectivity index (χ1) is 26.5. The molecule has 0 aromatic heterocycles. The smallest absolute Gasteiger partial charge is 0.0543 e. The number of anilines is 6. The van der Waals surface area contributed by atoms with E-state index in [1.54, 1.807) is 0 Å². The molecule has 0 unspecified atom stereocenters. The van der Waals surface area contributed by atoms with Gasteiger partial charge in [-0.2, -0.15) is 0 Å². The highest BCUT2D eigenvalue weighted by Gasteiger charge is 2.24. The summed E-state index contributed by atoms with van der Waals surface area (Å²) in [5.74, 6) is 0.698. The van der Waals surface area contributed by atoms with E-state index in [1.807, 2.05) is 0 Å². The Morgan fingerprint density at radius 1 is 0.333 bits per heavy atom. The molecule has 9 aromatic carbocycles. The van der Waals surface area contributed by atoms with E-state index < -0.39 is 0 Å². The molecule has 2 nitrogen and oxygen atoms in total. The van der Waals surface area contributed by atoms with Gasteiger partial charge in [0.25, 0.3) is 0 Å². The molecule has 0 saturated heterocycles. The van der Waals surface area contributed by atoms with E-state index in [1.165, 1.54) is 60.3 Å². The lowest BCUT2D eigenvalue weighted by molar-refractivity contribution is 0.876. The fraction of sp³-hybridized carbons (Fsp3) is 0.115. The van der Waals surface area contributed by atoms with Crippen molar-refractivity contribution in [3.05, 3.63) is 193 Å². The van der Waals surface area contributed by atoms with Crippen molar-refractivity contribution in [1.29, 1.82) is 0 Å². The summed E-state index contributed by atoms with van der Waals surface area (Å²) in [6, 6.07) is 66.5. The summed E-state index contributed by atoms with van der Waals surface area (Å²) in [7, 11) is 0. The minimum atomic E-state index is 0.343. The maximum absolute atomic E-state index is 2.46. The Balaban J connectivity index is 1.29. The molecule has 0 spiro atoms. The molecule has 0 atom stereocenters. The average molecular weight is 697 g/mol. The Morgan fingerprint density at radius 2 is 0.704 bits per heavy atom. The minimum Gasteiger partial charge on any atom is -0.311 e. The zero-order valence-electron chi connectivity index (χ0n) is 31.4. The first-order valence-electron chi connectivity index (χ1n) is 19.2. The van der Waals surface area contributed by atoms with Gasteiger partial charge in [0.1, 0.15) is 0 Å². The van der Waals surface area contributed by atoms with Crippen LogP contribution in [0.25, 0.3) is 43.4 Å². The molecule has 0 bridgehead atoms. The topological polar surface area (TPSA) is 6.48 Å². The molecule has 0 heterocycles. The summed E-state index contributed by atoms with van der Waals surface area (Å²) >= 11 is 0. The SMILES string of the molecule is CC(C)c1cc(-c2ccc(N(c3ccccc3)c3ccccc3)cc2)c2ccc3c(C(C)C)cc(N(c4ccccc4)c4ccccc4)c4ccc1c2c34. The molecule has 9 rings (SSSR count). The number of hydrogen-bond donors (Lipinski definition) is 0. The fourth-order valence-electron chi connectivity index (χ4n) is 8.38. The van der Waals surface area contributed by atoms with E-state index in [9.17, 15) is 0 Å². The van der Waals surface area contributed by atoms with Crippen LogP contribution < -0.4 is 9.80 Å². The van der Waals surface area contributed by atoms with E-state index in [2.05, 4.69) is 219 Å². The van der Waals surface area contributed by atoms with Crippen LogP contribution in [0.5, 0.6) is 0 Å². The van der Waals surface area contributed by atoms with Crippen molar-refractivity contribution in [3.63, 3.8) is 0 Å². The molecular formula is C52H44N2. The van der Waals surface area contributed by atoms with E-state index in [0.717, 1.165) is 28.4 Å². The van der Waals surface area contributed by atoms with Crippen molar-refractivity contribution in [3.8, 4) is 11.1 Å². The molecule has 54 heavy (non-hydrogen) atoms. The quantitative estimate of drug-likeness (QED) is 0.139. The summed E-state index contributed by atoms with van der Waals surface area (Å²) in [5.41, 5.74) is 12.2. The Labute approximate surface area is 318 Å². The molecule has 0 N–H and O–H groups in total. The predicted octanol–water partition coefficient (Wildman–Crippen LogP) is 15.4. The van der Waals surface area contributed by atoms with Crippen LogP contribution in [0.1, 0.15) is 50.7 Å². The third-order valence-corrected chi connectivity index (χ3v) is 10.9. The lowest BCUT2D eigenvalue weighted by atomic mass is 9.82. The van der Waals surface area contributed by atoms with Gasteiger partial charge in [0, 0.05) is 33.8 Å². The third-order valence-electron chi connectivity index (χ3n) is 10.9. The van der Waals surface area contributed by atoms with Gasteiger partial charge in [-0.05, 0) is 134 Å². The van der Waals surface area contributed by atoms with Crippen LogP contribution in [0.15, 0.2) is 182 Å². The van der Waals surface area contributed by atoms with Crippen molar-refractivity contribution < 1.29 is 0 Å². The summed E-state index contributed by atoms with van der Waals surface area (Å²) in [6.45, 7) is 9.31. The van der Waals surface area contributed by atoms with Gasteiger partial charge >= 0.3 is 0 Å². The number of nitrogens with zero attached hydrogens (tertiary/aromatic N) is 2. The molecule has 2 heteroatoms. The highest BCUT2D eigenvalue weighted by molar-refractivity contribution is 6.29. The summed E-state index contributed by atoms with van der Waals surface area (Å²) < 4.78 is 0. The van der Waals surface area contributed by atoms with Gasteiger partial charge in [-0.1, -0.05) is 137 Å². The number of rotatable bonds is 9. The first-order valence-corrected chi connectivity index (χ1v) is 19.2. The van der Waals surface area contributed by atoms with Crippen LogP contribution in [-0.4, -0.2) is 0 Å². The van der Waals surface area contributed by atoms with Gasteiger partial charge in [-0.3, -0.25) is 0 Å². The lowest BCUT2D eigenvalue weighted by Crippen LogP contribution is -2.11. The largest absolute Gasteiger partial charge is 0.311 e. The molecule has 0 aliphatic carbocycles. The molecular weight excluding hydrogens is 653 g/mol. The molecule has 0 amide bonds. The molecule has 0 radical (unpaired) electrons. The minimum absolute atomic E-state index is 0.343. The Hall–Kier alpha value is -6.38. The standard InChI is InChI=1S/C52H44N2/c1-35(2)47-33-49(37-25-27-42(28-26-37)53(38-17-9-5-10-18-38)39-19-11-6-12-20-39)45-30-29-44-48(36(3)4)34-50(46-32-31-43(47)51(45)52(44)46)54(40-21-13-7-14-22-40)41-23-15-8-16-24-41/h5-36H,1-4H3. The second-order valence-corrected chi connectivity index (χ2v) is 14.9. The molecule has 0 aliphatic rings. The number of para-hydroxylation sites is 4. The Kier molecular flexibility index (Phi) is 8.60. The van der Waals surface area contributed by atoms with Gasteiger partial charge in [-0.25, -0.2) is 0 Å². The van der Waals surface area contributed by atoms with Gasteiger partial charge < -0.3 is 9.80 Å². The number of hydrogen-bond acceptors (Lipinski definition) is 2. The Bertz CT molecular complexity index is 2600. The maximum atomic E-state index is 2.46. The second-order valence-electron chi connectivity index (χ2n) is 14.9. The molecule has 0 aliphatic heterocycles. The van der Waals surface area contributed by atoms with E-state index in [-0.39, 0.29) is 0 Å². The molecule has 262 valence electrons. The highest BCUT2D eigenvalue weighted by Crippen LogP contribution is 2.49. The van der Waals surface area contributed by atoms with Crippen molar-refractivity contribution >= 4 is 66.4 Å². The van der Waals surface area contributed by atoms with Crippen LogP contribution in [0.3, 0.4) is 0 Å². The van der Waals surface area contributed by atoms with Crippen molar-refractivity contribution in [2.45, 2.75) is 39.5 Å². The number of benzene rings is 9. The predicted molar refractivity (Wildman–Crippen MR) is 233 cm³/mol. The Morgan fingerprint density at radius 3 is 1.17 bits per heavy atom. The van der Waals surface area contributed by atoms with Crippen LogP contribution in [-0.2, 0) is 0 Å². The summed E-state index contributed by atoms with van der Waals surface area (Å²) in [5, 5.41) is 7.95. The summed E-state index contributed by atoms with van der Waals surface area (Å²) in [4.78, 5) is 4.76. The zero-order chi connectivity index (χ0) is 36.8. The third kappa shape index (κ3) is 5.76. The highest BCUT2D eigenvalue weighted by atomic mass is 15.1. The van der Waals surface area contributed by atoms with Gasteiger partial charge in [0.05, 0.1) is 5.69 Å². The summed E-state index contributed by atoms with van der Waals surface area (Å²) in [6.07, 6.45) is 0. The van der Waals surface area contributed by atoms with Crippen molar-refractivity contribution in [1.82, 2.24) is 0 Å². The molecule has 0 saturated carbocycles. The molecule has 9 aromatic rings. The fourth-order valence-corrected chi connectivity index (χ4v) is 8.38. The van der Waals surface area contributed by atoms with E-state index in [4.69, 9.17) is 0 Å². The van der Waals surface area contributed by atoms with Gasteiger partial charge in [0.2, 0.25) is 0 Å². The average Bonchev–Trinajstić information content (AvgIpc) is 3.22. The van der Waals surface area contributed by atoms with Crippen molar-refractivity contribution in [2.75, 3.05) is 9.80 Å². The van der Waals surface area contributed by atoms with Crippen molar-refractivity contribution in [2.24, 2.45) is 0 Å².